The minimum atomic E-state index is -2.98. The normalized spacial score (nSPS) is 20.5. The molecule has 8 nitrogen and oxygen atoms in total. The van der Waals surface area contributed by atoms with Crippen LogP contribution in [0.5, 0.6) is 0 Å². The quantitative estimate of drug-likeness (QED) is 0.656. The van der Waals surface area contributed by atoms with Crippen molar-refractivity contribution in [3.8, 4) is 0 Å². The highest BCUT2D eigenvalue weighted by Gasteiger charge is 2.31. The number of amides is 1. The number of sulfone groups is 1. The van der Waals surface area contributed by atoms with Crippen LogP contribution in [0.1, 0.15) is 50.2 Å². The van der Waals surface area contributed by atoms with Gasteiger partial charge in [0, 0.05) is 11.3 Å². The van der Waals surface area contributed by atoms with Gasteiger partial charge in [0.1, 0.15) is 5.60 Å². The number of rotatable bonds is 3. The summed E-state index contributed by atoms with van der Waals surface area (Å²) in [5, 5.41) is 8.33. The van der Waals surface area contributed by atoms with Gasteiger partial charge in [-0.3, -0.25) is 4.68 Å². The van der Waals surface area contributed by atoms with Gasteiger partial charge in [0.05, 0.1) is 29.5 Å². The van der Waals surface area contributed by atoms with Gasteiger partial charge in [-0.15, -0.1) is 0 Å². The van der Waals surface area contributed by atoms with E-state index in [9.17, 15) is 13.2 Å². The second-order valence-electron chi connectivity index (χ2n) is 6.96. The van der Waals surface area contributed by atoms with Crippen LogP contribution in [0.15, 0.2) is 5.10 Å². The summed E-state index contributed by atoms with van der Waals surface area (Å²) >= 11 is 0. The second-order valence-corrected chi connectivity index (χ2v) is 9.19. The maximum atomic E-state index is 11.6. The number of nitrogens with zero attached hydrogens (tertiary/aromatic N) is 3. The van der Waals surface area contributed by atoms with E-state index < -0.39 is 21.5 Å². The van der Waals surface area contributed by atoms with Crippen LogP contribution in [0, 0.1) is 13.8 Å². The Kier molecular flexibility index (Phi) is 5.03. The lowest BCUT2D eigenvalue weighted by Gasteiger charge is -2.18. The van der Waals surface area contributed by atoms with Gasteiger partial charge in [0.2, 0.25) is 0 Å². The van der Waals surface area contributed by atoms with E-state index in [0.717, 1.165) is 17.0 Å². The first-order valence-corrected chi connectivity index (χ1v) is 9.59. The van der Waals surface area contributed by atoms with Crippen LogP contribution in [0.25, 0.3) is 0 Å². The summed E-state index contributed by atoms with van der Waals surface area (Å²) in [5.41, 5.74) is 4.03. The molecule has 0 radical (unpaired) electrons. The van der Waals surface area contributed by atoms with Crippen LogP contribution >= 0.6 is 0 Å². The number of carbonyl (C=O) groups is 1. The minimum absolute atomic E-state index is 0.113. The van der Waals surface area contributed by atoms with Crippen molar-refractivity contribution < 1.29 is 17.9 Å². The molecule has 0 saturated carbocycles. The molecular formula is C15H24N4O4S. The molecule has 2 rings (SSSR count). The lowest BCUT2D eigenvalue weighted by molar-refractivity contribution is 0.0529. The fourth-order valence-electron chi connectivity index (χ4n) is 2.64. The summed E-state index contributed by atoms with van der Waals surface area (Å²) in [4.78, 5) is 11.6. The Balaban J connectivity index is 2.09. The van der Waals surface area contributed by atoms with Crippen molar-refractivity contribution in [2.75, 3.05) is 11.5 Å². The average Bonchev–Trinajstić information content (AvgIpc) is 2.90. The number of carbonyl (C=O) groups excluding carboxylic acids is 1. The molecule has 9 heteroatoms. The molecule has 1 amide bonds. The zero-order valence-electron chi connectivity index (χ0n) is 14.7. The highest BCUT2D eigenvalue weighted by molar-refractivity contribution is 7.91. The van der Waals surface area contributed by atoms with Crippen molar-refractivity contribution in [1.29, 1.82) is 0 Å². The lowest BCUT2D eigenvalue weighted by Crippen LogP contribution is -2.29. The summed E-state index contributed by atoms with van der Waals surface area (Å²) in [5.74, 6) is 0.307. The van der Waals surface area contributed by atoms with Gasteiger partial charge in [-0.1, -0.05) is 0 Å². The third kappa shape index (κ3) is 4.56. The average molecular weight is 356 g/mol. The predicted octanol–water partition coefficient (Wildman–Crippen LogP) is 1.72. The molecule has 1 fully saturated rings. The topological polar surface area (TPSA) is 103 Å². The van der Waals surface area contributed by atoms with Gasteiger partial charge in [-0.25, -0.2) is 18.6 Å². The SMILES string of the molecule is Cc1nn([C@H]2CCS(=O)(=O)C2)c(C)c1/C=N\NC(=O)OC(C)(C)C. The fraction of sp³-hybridized carbons (Fsp3) is 0.667. The maximum Gasteiger partial charge on any atom is 0.428 e. The molecule has 1 aliphatic rings. The Hall–Kier alpha value is -1.90. The molecule has 1 aromatic heterocycles. The van der Waals surface area contributed by atoms with Crippen molar-refractivity contribution in [2.45, 2.75) is 52.7 Å². The fourth-order valence-corrected chi connectivity index (χ4v) is 4.33. The summed E-state index contributed by atoms with van der Waals surface area (Å²) in [7, 11) is -2.98. The molecule has 1 N–H and O–H groups in total. The summed E-state index contributed by atoms with van der Waals surface area (Å²) in [6.07, 6.45) is 1.43. The Morgan fingerprint density at radius 3 is 2.62 bits per heavy atom. The van der Waals surface area contributed by atoms with Crippen LogP contribution in [0.4, 0.5) is 4.79 Å². The molecule has 1 saturated heterocycles. The number of ether oxygens (including phenoxy) is 1. The molecule has 1 atom stereocenters. The van der Waals surface area contributed by atoms with E-state index in [0.29, 0.717) is 6.42 Å². The van der Waals surface area contributed by atoms with E-state index in [1.54, 1.807) is 25.5 Å². The zero-order chi connectivity index (χ0) is 18.1. The molecular weight excluding hydrogens is 332 g/mol. The molecule has 24 heavy (non-hydrogen) atoms. The number of hydrazone groups is 1. The first-order valence-electron chi connectivity index (χ1n) is 7.77. The van der Waals surface area contributed by atoms with Crippen molar-refractivity contribution >= 4 is 22.1 Å². The molecule has 0 spiro atoms. The van der Waals surface area contributed by atoms with Gasteiger partial charge >= 0.3 is 6.09 Å². The number of aryl methyl sites for hydroxylation is 1. The van der Waals surface area contributed by atoms with Gasteiger partial charge in [-0.2, -0.15) is 10.2 Å². The van der Waals surface area contributed by atoms with Gasteiger partial charge in [0.15, 0.2) is 9.84 Å². The third-order valence-electron chi connectivity index (χ3n) is 3.68. The summed E-state index contributed by atoms with van der Waals surface area (Å²) in [6, 6.07) is -0.144. The molecule has 0 aromatic carbocycles. The first-order chi connectivity index (χ1) is 11.0. The van der Waals surface area contributed by atoms with E-state index >= 15 is 0 Å². The monoisotopic (exact) mass is 356 g/mol. The Labute approximate surface area is 142 Å². The predicted molar refractivity (Wildman–Crippen MR) is 91.0 cm³/mol. The standard InChI is InChI=1S/C15H24N4O4S/c1-10-13(8-16-17-14(20)23-15(3,4)5)11(2)19(18-10)12-6-7-24(21,22)9-12/h8,12H,6-7,9H2,1-5H3,(H,17,20)/b16-8-/t12-/m0/s1. The van der Waals surface area contributed by atoms with Gasteiger partial charge in [-0.05, 0) is 41.0 Å². The minimum Gasteiger partial charge on any atom is -0.443 e. The second kappa shape index (κ2) is 6.54. The van der Waals surface area contributed by atoms with E-state index in [-0.39, 0.29) is 17.5 Å². The van der Waals surface area contributed by atoms with Crippen LogP contribution in [-0.4, -0.2) is 47.6 Å². The number of hydrogen-bond acceptors (Lipinski definition) is 6. The smallest absolute Gasteiger partial charge is 0.428 e. The highest BCUT2D eigenvalue weighted by atomic mass is 32.2. The largest absolute Gasteiger partial charge is 0.443 e. The van der Waals surface area contributed by atoms with Crippen molar-refractivity contribution in [1.82, 2.24) is 15.2 Å². The number of hydrogen-bond donors (Lipinski definition) is 1. The molecule has 1 aromatic rings. The summed E-state index contributed by atoms with van der Waals surface area (Å²) in [6.45, 7) is 8.99. The summed E-state index contributed by atoms with van der Waals surface area (Å²) < 4.78 is 30.1. The molecule has 134 valence electrons. The molecule has 0 unspecified atom stereocenters. The van der Waals surface area contributed by atoms with Crippen molar-refractivity contribution in [3.05, 3.63) is 17.0 Å². The number of nitrogens with one attached hydrogen (secondary N) is 1. The van der Waals surface area contributed by atoms with E-state index in [1.807, 2.05) is 13.8 Å². The molecule has 0 bridgehead atoms. The maximum absolute atomic E-state index is 11.6. The molecule has 2 heterocycles. The van der Waals surface area contributed by atoms with E-state index in [4.69, 9.17) is 4.74 Å². The Bertz CT molecular complexity index is 759. The van der Waals surface area contributed by atoms with Crippen LogP contribution in [0.3, 0.4) is 0 Å². The first kappa shape index (κ1) is 18.4. The van der Waals surface area contributed by atoms with Crippen molar-refractivity contribution in [3.63, 3.8) is 0 Å². The molecule has 1 aliphatic heterocycles. The highest BCUT2D eigenvalue weighted by Crippen LogP contribution is 2.26. The van der Waals surface area contributed by atoms with Crippen molar-refractivity contribution in [2.24, 2.45) is 5.10 Å². The van der Waals surface area contributed by atoms with E-state index in [2.05, 4.69) is 15.6 Å². The number of aromatic nitrogens is 2. The third-order valence-corrected chi connectivity index (χ3v) is 5.43. The zero-order valence-corrected chi connectivity index (χ0v) is 15.5. The van der Waals surface area contributed by atoms with Crippen LogP contribution < -0.4 is 5.43 Å². The molecule has 0 aliphatic carbocycles. The van der Waals surface area contributed by atoms with Crippen LogP contribution in [-0.2, 0) is 14.6 Å². The Morgan fingerprint density at radius 2 is 2.08 bits per heavy atom. The Morgan fingerprint density at radius 1 is 1.42 bits per heavy atom. The lowest BCUT2D eigenvalue weighted by atomic mass is 10.2. The van der Waals surface area contributed by atoms with Crippen LogP contribution in [0.2, 0.25) is 0 Å². The van der Waals surface area contributed by atoms with E-state index in [1.165, 1.54) is 6.21 Å². The van der Waals surface area contributed by atoms with Gasteiger partial charge in [0.25, 0.3) is 0 Å². The van der Waals surface area contributed by atoms with Gasteiger partial charge < -0.3 is 4.74 Å².